The molecule has 198 valence electrons. The molecule has 4 rings (SSSR count). The number of hydrogen-bond acceptors (Lipinski definition) is 8. The number of thioether (sulfide) groups is 1. The van der Waals surface area contributed by atoms with Crippen LogP contribution in [-0.4, -0.2) is 61.7 Å². The number of alkyl halides is 3. The van der Waals surface area contributed by atoms with Crippen molar-refractivity contribution in [2.45, 2.75) is 6.18 Å². The zero-order chi connectivity index (χ0) is 27.3. The van der Waals surface area contributed by atoms with Gasteiger partial charge in [-0.25, -0.2) is 0 Å². The van der Waals surface area contributed by atoms with Gasteiger partial charge >= 0.3 is 6.18 Å². The van der Waals surface area contributed by atoms with E-state index in [0.29, 0.717) is 41.8 Å². The fourth-order valence-electron chi connectivity index (χ4n) is 3.72. The summed E-state index contributed by atoms with van der Waals surface area (Å²) in [5.74, 6) is -0.653. The average Bonchev–Trinajstić information content (AvgIpc) is 3.23. The first-order valence-corrected chi connectivity index (χ1v) is 12.2. The predicted octanol–water partition coefficient (Wildman–Crippen LogP) is 3.37. The Morgan fingerprint density at radius 1 is 1.18 bits per heavy atom. The molecule has 0 bridgehead atoms. The first-order chi connectivity index (χ1) is 18.2. The van der Waals surface area contributed by atoms with Crippen LogP contribution in [-0.2, 0) is 15.8 Å². The minimum atomic E-state index is -4.73. The summed E-state index contributed by atoms with van der Waals surface area (Å²) in [6.07, 6.45) is -3.12. The van der Waals surface area contributed by atoms with Gasteiger partial charge in [-0.05, 0) is 53.7 Å². The van der Waals surface area contributed by atoms with Crippen LogP contribution in [0.5, 0.6) is 17.2 Å². The molecule has 2 aromatic carbocycles. The van der Waals surface area contributed by atoms with Crippen LogP contribution in [0.25, 0.3) is 6.08 Å². The number of amides is 2. The lowest BCUT2D eigenvalue weighted by Crippen LogP contribution is -2.48. The molecular formula is C25H22F3N5O4S. The van der Waals surface area contributed by atoms with Gasteiger partial charge in [-0.2, -0.15) is 18.4 Å². The van der Waals surface area contributed by atoms with E-state index in [1.807, 2.05) is 4.90 Å². The molecule has 2 aromatic rings. The number of hydrogen-bond donors (Lipinski definition) is 2. The zero-order valence-electron chi connectivity index (χ0n) is 20.1. The minimum absolute atomic E-state index is 0.0257. The number of halogens is 3. The van der Waals surface area contributed by atoms with Crippen molar-refractivity contribution in [3.63, 3.8) is 0 Å². The highest BCUT2D eigenvalue weighted by molar-refractivity contribution is 8.18. The monoisotopic (exact) mass is 545 g/mol. The van der Waals surface area contributed by atoms with Crippen molar-refractivity contribution in [1.29, 1.82) is 5.26 Å². The molecule has 2 fully saturated rings. The maximum Gasteiger partial charge on any atom is 0.420 e. The molecule has 0 unspecified atom stereocenters. The lowest BCUT2D eigenvalue weighted by Gasteiger charge is -2.25. The zero-order valence-corrected chi connectivity index (χ0v) is 20.9. The van der Waals surface area contributed by atoms with Gasteiger partial charge in [0.05, 0.1) is 42.3 Å². The third-order valence-corrected chi connectivity index (χ3v) is 6.51. The van der Waals surface area contributed by atoms with Gasteiger partial charge in [0.2, 0.25) is 5.91 Å². The maximum absolute atomic E-state index is 13.5. The Labute approximate surface area is 220 Å². The summed E-state index contributed by atoms with van der Waals surface area (Å²) in [5, 5.41) is 14.8. The fourth-order valence-corrected chi connectivity index (χ4v) is 4.56. The van der Waals surface area contributed by atoms with Gasteiger partial charge in [-0.15, -0.1) is 0 Å². The normalized spacial score (nSPS) is 18.3. The van der Waals surface area contributed by atoms with Crippen LogP contribution >= 0.6 is 11.8 Å². The van der Waals surface area contributed by atoms with Crippen molar-refractivity contribution in [2.24, 2.45) is 4.99 Å². The van der Waals surface area contributed by atoms with E-state index in [9.17, 15) is 22.8 Å². The van der Waals surface area contributed by atoms with Gasteiger partial charge in [0.15, 0.2) is 16.7 Å². The molecule has 0 spiro atoms. The topological polar surface area (TPSA) is 116 Å². The number of benzene rings is 2. The van der Waals surface area contributed by atoms with E-state index in [1.165, 1.54) is 25.3 Å². The minimum Gasteiger partial charge on any atom is -0.493 e. The Kier molecular flexibility index (Phi) is 8.23. The number of piperazine rings is 1. The molecule has 0 saturated carbocycles. The summed E-state index contributed by atoms with van der Waals surface area (Å²) in [7, 11) is 1.34. The summed E-state index contributed by atoms with van der Waals surface area (Å²) in [4.78, 5) is 30.6. The third kappa shape index (κ3) is 6.64. The summed E-state index contributed by atoms with van der Waals surface area (Å²) < 4.78 is 51.3. The number of nitrogens with one attached hydrogen (secondary N) is 2. The van der Waals surface area contributed by atoms with Crippen molar-refractivity contribution >= 4 is 34.8 Å². The molecule has 13 heteroatoms. The van der Waals surface area contributed by atoms with Crippen molar-refractivity contribution in [3.05, 3.63) is 58.0 Å². The Hall–Kier alpha value is -4.02. The Balaban J connectivity index is 1.47. The number of rotatable bonds is 7. The second kappa shape index (κ2) is 11.6. The van der Waals surface area contributed by atoms with E-state index in [0.717, 1.165) is 30.4 Å². The van der Waals surface area contributed by atoms with Crippen LogP contribution in [0.15, 0.2) is 46.3 Å². The van der Waals surface area contributed by atoms with E-state index in [-0.39, 0.29) is 28.9 Å². The smallest absolute Gasteiger partial charge is 0.420 e. The van der Waals surface area contributed by atoms with Gasteiger partial charge in [0, 0.05) is 19.6 Å². The molecule has 2 heterocycles. The van der Waals surface area contributed by atoms with E-state index >= 15 is 0 Å². The summed E-state index contributed by atoms with van der Waals surface area (Å²) in [6.45, 7) is 2.65. The van der Waals surface area contributed by atoms with Crippen molar-refractivity contribution in [1.82, 2.24) is 15.5 Å². The molecule has 0 radical (unpaired) electrons. The van der Waals surface area contributed by atoms with Crippen LogP contribution in [0, 0.1) is 11.3 Å². The highest BCUT2D eigenvalue weighted by Crippen LogP contribution is 2.41. The molecule has 2 amide bonds. The van der Waals surface area contributed by atoms with Crippen molar-refractivity contribution in [3.8, 4) is 23.3 Å². The molecule has 2 aliphatic heterocycles. The Morgan fingerprint density at radius 3 is 2.68 bits per heavy atom. The average molecular weight is 546 g/mol. The summed E-state index contributed by atoms with van der Waals surface area (Å²) >= 11 is 1.16. The van der Waals surface area contributed by atoms with E-state index in [2.05, 4.69) is 15.6 Å². The number of nitrogens with zero attached hydrogens (tertiary/aromatic N) is 3. The SMILES string of the molecule is COc1cc(C=C2SC(=NCCN3CCNC(=O)C3)NC2=O)ccc1Oc1ccc(C#N)cc1C(F)(F)F. The molecule has 0 aliphatic carbocycles. The van der Waals surface area contributed by atoms with Crippen LogP contribution in [0.3, 0.4) is 0 Å². The quantitative estimate of drug-likeness (QED) is 0.513. The number of carbonyl (C=O) groups excluding carboxylic acids is 2. The van der Waals surface area contributed by atoms with Gasteiger partial charge in [-0.1, -0.05) is 6.07 Å². The van der Waals surface area contributed by atoms with Gasteiger partial charge < -0.3 is 20.1 Å². The van der Waals surface area contributed by atoms with Crippen molar-refractivity contribution in [2.75, 3.05) is 39.8 Å². The summed E-state index contributed by atoms with van der Waals surface area (Å²) in [6, 6.07) is 9.26. The predicted molar refractivity (Wildman–Crippen MR) is 135 cm³/mol. The highest BCUT2D eigenvalue weighted by Gasteiger charge is 2.35. The lowest BCUT2D eigenvalue weighted by atomic mass is 10.1. The lowest BCUT2D eigenvalue weighted by molar-refractivity contribution is -0.138. The molecule has 2 aliphatic rings. The first kappa shape index (κ1) is 27.0. The van der Waals surface area contributed by atoms with Gasteiger partial charge in [0.25, 0.3) is 5.91 Å². The molecular weight excluding hydrogens is 523 g/mol. The summed E-state index contributed by atoms with van der Waals surface area (Å²) in [5.41, 5.74) is -0.671. The molecule has 2 saturated heterocycles. The second-order valence-corrected chi connectivity index (χ2v) is 9.24. The number of aliphatic imine (C=N–C) groups is 1. The number of methoxy groups -OCH3 is 1. The number of ether oxygens (including phenoxy) is 2. The molecule has 0 aromatic heterocycles. The molecule has 2 N–H and O–H groups in total. The number of carbonyl (C=O) groups is 2. The van der Waals surface area contributed by atoms with E-state index in [1.54, 1.807) is 18.2 Å². The van der Waals surface area contributed by atoms with Gasteiger partial charge in [-0.3, -0.25) is 19.5 Å². The largest absolute Gasteiger partial charge is 0.493 e. The number of amidine groups is 1. The van der Waals surface area contributed by atoms with Gasteiger partial charge in [0.1, 0.15) is 5.75 Å². The maximum atomic E-state index is 13.5. The van der Waals surface area contributed by atoms with Crippen molar-refractivity contribution < 1.29 is 32.2 Å². The fraction of sp³-hybridized carbons (Fsp3) is 0.280. The Morgan fingerprint density at radius 2 is 1.97 bits per heavy atom. The molecule has 9 nitrogen and oxygen atoms in total. The molecule has 38 heavy (non-hydrogen) atoms. The van der Waals surface area contributed by atoms with Crippen LogP contribution in [0.2, 0.25) is 0 Å². The third-order valence-electron chi connectivity index (χ3n) is 5.56. The number of nitriles is 1. The van der Waals surface area contributed by atoms with Crippen LogP contribution in [0.4, 0.5) is 13.2 Å². The van der Waals surface area contributed by atoms with Crippen LogP contribution in [0.1, 0.15) is 16.7 Å². The highest BCUT2D eigenvalue weighted by atomic mass is 32.2. The molecule has 0 atom stereocenters. The Bertz CT molecular complexity index is 1350. The first-order valence-electron chi connectivity index (χ1n) is 11.4. The van der Waals surface area contributed by atoms with E-state index < -0.39 is 17.5 Å². The van der Waals surface area contributed by atoms with Crippen LogP contribution < -0.4 is 20.1 Å². The standard InChI is InChI=1S/C25H22F3N5O4S/c1-36-20-11-15(2-5-19(20)37-18-4-3-16(13-29)10-17(18)25(26,27)28)12-21-23(35)32-24(38-21)31-7-9-33-8-6-30-22(34)14-33/h2-5,10-12H,6-9,14H2,1H3,(H,30,34)(H,31,32,35). The second-order valence-electron chi connectivity index (χ2n) is 8.21. The van der Waals surface area contributed by atoms with E-state index in [4.69, 9.17) is 14.7 Å².